The molecular weight excluding hydrogens is 843 g/mol. The molecule has 0 saturated heterocycles. The minimum Gasteiger partial charge on any atom is -0.423 e. The van der Waals surface area contributed by atoms with E-state index in [0.717, 1.165) is 52.1 Å². The minimum atomic E-state index is -1.00. The van der Waals surface area contributed by atoms with Crippen molar-refractivity contribution in [3.8, 4) is 22.6 Å². The molecule has 15 heteroatoms. The second-order valence-electron chi connectivity index (χ2n) is 14.8. The molecule has 324 valence electrons. The van der Waals surface area contributed by atoms with Crippen molar-refractivity contribution < 1.29 is 33.8 Å². The first-order valence-electron chi connectivity index (χ1n) is 20.2. The Morgan fingerprint density at radius 2 is 0.742 bits per heavy atom. The van der Waals surface area contributed by atoms with Gasteiger partial charge < -0.3 is 19.3 Å². The van der Waals surface area contributed by atoms with E-state index in [1.165, 1.54) is 24.3 Å². The van der Waals surface area contributed by atoms with Crippen molar-refractivity contribution in [1.29, 1.82) is 0 Å². The van der Waals surface area contributed by atoms with Gasteiger partial charge in [-0.3, -0.25) is 30.3 Å². The number of carbonyl (C=O) groups excluding carboxylic acids is 2. The van der Waals surface area contributed by atoms with Gasteiger partial charge in [-0.05, 0) is 102 Å². The number of ether oxygens (including phenoxy) is 2. The number of esters is 2. The first-order chi connectivity index (χ1) is 31.9. The third-order valence-corrected chi connectivity index (χ3v) is 10.3. The molecule has 0 saturated carbocycles. The molecule has 0 radical (unpaired) electrons. The highest BCUT2D eigenvalue weighted by Crippen LogP contribution is 2.40. The number of anilines is 6. The Bertz CT molecular complexity index is 3100. The van der Waals surface area contributed by atoms with Crippen molar-refractivity contribution in [3.63, 3.8) is 0 Å². The smallest absolute Gasteiger partial charge is 0.344 e. The molecular formula is C51H35N5O10. The lowest BCUT2D eigenvalue weighted by Gasteiger charge is -2.26. The molecule has 0 aliphatic heterocycles. The number of para-hydroxylation sites is 2. The topological polar surface area (TPSA) is 188 Å². The van der Waals surface area contributed by atoms with Gasteiger partial charge >= 0.3 is 11.9 Å². The van der Waals surface area contributed by atoms with Crippen molar-refractivity contribution in [2.45, 2.75) is 6.92 Å². The van der Waals surface area contributed by atoms with Gasteiger partial charge in [-0.15, -0.1) is 0 Å². The molecule has 0 unspecified atom stereocenters. The number of rotatable bonds is 14. The molecule has 0 bridgehead atoms. The van der Waals surface area contributed by atoms with Crippen molar-refractivity contribution in [2.75, 3.05) is 9.80 Å². The minimum absolute atomic E-state index is 0.0652. The van der Waals surface area contributed by atoms with Crippen LogP contribution in [0.2, 0.25) is 0 Å². The van der Waals surface area contributed by atoms with Crippen LogP contribution in [0.5, 0.6) is 11.5 Å². The highest BCUT2D eigenvalue weighted by atomic mass is 16.6. The molecule has 8 aromatic carbocycles. The maximum atomic E-state index is 13.2. The maximum absolute atomic E-state index is 13.2. The van der Waals surface area contributed by atoms with Crippen LogP contribution in [-0.4, -0.2) is 26.7 Å². The number of nitro benzene ring substituents is 3. The molecule has 0 aliphatic rings. The number of non-ortho nitro benzene ring substituents is 3. The lowest BCUT2D eigenvalue weighted by Crippen LogP contribution is -2.12. The second-order valence-corrected chi connectivity index (χ2v) is 14.8. The normalized spacial score (nSPS) is 10.7. The van der Waals surface area contributed by atoms with Gasteiger partial charge in [-0.1, -0.05) is 72.8 Å². The van der Waals surface area contributed by atoms with E-state index in [1.54, 1.807) is 37.3 Å². The quantitative estimate of drug-likeness (QED) is 0.0435. The standard InChI is InChI=1S/C51H35N5O10/c1-34-26-37(28-45(27-34)54(59)60)50(57)65-48-16-8-14-43(32-48)52(39-10-4-2-5-11-39)41-22-18-35(19-23-41)36-20-24-42(25-21-36)53(40-12-6-3-7-13-40)44-15-9-17-49(33-44)66-51(58)38-29-46(55(61)62)31-47(30-38)56(63)64/h2-33H,1H3. The molecule has 0 N–H and O–H groups in total. The lowest BCUT2D eigenvalue weighted by atomic mass is 10.0. The summed E-state index contributed by atoms with van der Waals surface area (Å²) < 4.78 is 11.3. The molecule has 0 fully saturated rings. The molecule has 8 rings (SSSR count). The van der Waals surface area contributed by atoms with Crippen molar-refractivity contribution in [1.82, 2.24) is 0 Å². The summed E-state index contributed by atoms with van der Waals surface area (Å²) in [6.07, 6.45) is 0. The summed E-state index contributed by atoms with van der Waals surface area (Å²) in [5.41, 5.74) is 5.24. The number of benzene rings is 8. The Kier molecular flexibility index (Phi) is 12.3. The average molecular weight is 878 g/mol. The van der Waals surface area contributed by atoms with Crippen molar-refractivity contribution in [2.24, 2.45) is 0 Å². The summed E-state index contributed by atoms with van der Waals surface area (Å²) in [5, 5.41) is 34.3. The molecule has 0 atom stereocenters. The molecule has 0 spiro atoms. The van der Waals surface area contributed by atoms with E-state index in [4.69, 9.17) is 9.47 Å². The van der Waals surface area contributed by atoms with Gasteiger partial charge in [0.1, 0.15) is 11.5 Å². The number of carbonyl (C=O) groups is 2. The fraction of sp³-hybridized carbons (Fsp3) is 0.0196. The zero-order valence-electron chi connectivity index (χ0n) is 34.8. The van der Waals surface area contributed by atoms with E-state index >= 15 is 0 Å². The number of nitrogens with zero attached hydrogens (tertiary/aromatic N) is 5. The summed E-state index contributed by atoms with van der Waals surface area (Å²) in [7, 11) is 0. The zero-order chi connectivity index (χ0) is 46.3. The number of aryl methyl sites for hydroxylation is 1. The highest BCUT2D eigenvalue weighted by molar-refractivity contribution is 5.93. The summed E-state index contributed by atoms with van der Waals surface area (Å²) >= 11 is 0. The monoisotopic (exact) mass is 877 g/mol. The van der Waals surface area contributed by atoms with Crippen molar-refractivity contribution >= 4 is 63.1 Å². The SMILES string of the molecule is Cc1cc(C(=O)Oc2cccc(N(c3ccccc3)c3ccc(-c4ccc(N(c5ccccc5)c5cccc(OC(=O)c6cc([N+](=O)[O-])cc([N+](=O)[O-])c6)c5)cc4)cc3)c2)cc([N+](=O)[O-])c1. The molecule has 66 heavy (non-hydrogen) atoms. The summed E-state index contributed by atoms with van der Waals surface area (Å²) in [6.45, 7) is 1.67. The first kappa shape index (κ1) is 43.2. The van der Waals surface area contributed by atoms with Crippen LogP contribution in [0.25, 0.3) is 11.1 Å². The molecule has 0 aromatic heterocycles. The number of nitro groups is 3. The Labute approximate surface area is 376 Å². The Hall–Kier alpha value is -9.50. The maximum Gasteiger partial charge on any atom is 0.344 e. The van der Waals surface area contributed by atoms with Crippen LogP contribution in [-0.2, 0) is 0 Å². The van der Waals surface area contributed by atoms with E-state index in [9.17, 15) is 39.9 Å². The van der Waals surface area contributed by atoms with Crippen LogP contribution < -0.4 is 19.3 Å². The van der Waals surface area contributed by atoms with Crippen LogP contribution >= 0.6 is 0 Å². The average Bonchev–Trinajstić information content (AvgIpc) is 3.33. The van der Waals surface area contributed by atoms with Crippen LogP contribution in [0.4, 0.5) is 51.2 Å². The van der Waals surface area contributed by atoms with E-state index in [1.807, 2.05) is 131 Å². The summed E-state index contributed by atoms with van der Waals surface area (Å²) in [5.74, 6) is -1.36. The number of hydrogen-bond donors (Lipinski definition) is 0. The summed E-state index contributed by atoms with van der Waals surface area (Å²) in [6, 6.07) is 55.5. The first-order valence-corrected chi connectivity index (χ1v) is 20.2. The predicted molar refractivity (Wildman–Crippen MR) is 249 cm³/mol. The van der Waals surface area contributed by atoms with Gasteiger partial charge in [0.15, 0.2) is 0 Å². The van der Waals surface area contributed by atoms with Gasteiger partial charge in [0.05, 0.1) is 32.0 Å². The summed E-state index contributed by atoms with van der Waals surface area (Å²) in [4.78, 5) is 62.4. The van der Waals surface area contributed by atoms with Crippen molar-refractivity contribution in [3.05, 3.63) is 241 Å². The second kappa shape index (κ2) is 18.9. The van der Waals surface area contributed by atoms with Gasteiger partial charge in [-0.25, -0.2) is 9.59 Å². The van der Waals surface area contributed by atoms with Gasteiger partial charge in [0.25, 0.3) is 17.1 Å². The van der Waals surface area contributed by atoms with Crippen LogP contribution in [0.1, 0.15) is 26.3 Å². The fourth-order valence-electron chi connectivity index (χ4n) is 7.27. The Morgan fingerprint density at radius 1 is 0.394 bits per heavy atom. The van der Waals surface area contributed by atoms with Crippen LogP contribution in [0, 0.1) is 37.3 Å². The molecule has 0 aliphatic carbocycles. The van der Waals surface area contributed by atoms with E-state index in [-0.39, 0.29) is 28.3 Å². The zero-order valence-corrected chi connectivity index (χ0v) is 34.8. The molecule has 0 amide bonds. The van der Waals surface area contributed by atoms with Crippen LogP contribution in [0.3, 0.4) is 0 Å². The van der Waals surface area contributed by atoms with Gasteiger partial charge in [0, 0.05) is 70.5 Å². The molecule has 15 nitrogen and oxygen atoms in total. The van der Waals surface area contributed by atoms with E-state index in [2.05, 4.69) is 0 Å². The fourth-order valence-corrected chi connectivity index (χ4v) is 7.27. The van der Waals surface area contributed by atoms with Gasteiger partial charge in [-0.2, -0.15) is 0 Å². The Morgan fingerprint density at radius 3 is 1.14 bits per heavy atom. The third-order valence-electron chi connectivity index (χ3n) is 10.3. The highest BCUT2D eigenvalue weighted by Gasteiger charge is 2.23. The number of hydrogen-bond acceptors (Lipinski definition) is 12. The third kappa shape index (κ3) is 9.75. The van der Waals surface area contributed by atoms with Crippen LogP contribution in [0.15, 0.2) is 194 Å². The van der Waals surface area contributed by atoms with E-state index in [0.29, 0.717) is 16.9 Å². The molecule has 8 aromatic rings. The van der Waals surface area contributed by atoms with E-state index < -0.39 is 38.1 Å². The van der Waals surface area contributed by atoms with Gasteiger partial charge in [0.2, 0.25) is 0 Å². The predicted octanol–water partition coefficient (Wildman–Crippen LogP) is 12.8. The lowest BCUT2D eigenvalue weighted by molar-refractivity contribution is -0.394. The Balaban J connectivity index is 1.05. The molecule has 0 heterocycles. The largest absolute Gasteiger partial charge is 0.423 e.